The lowest BCUT2D eigenvalue weighted by Gasteiger charge is -2.29. The van der Waals surface area contributed by atoms with Crippen LogP contribution in [0.1, 0.15) is 16.7 Å². The maximum Gasteiger partial charge on any atom is 0.227 e. The Morgan fingerprint density at radius 3 is 2.81 bits per heavy atom. The van der Waals surface area contributed by atoms with Crippen molar-refractivity contribution in [1.29, 1.82) is 0 Å². The SMILES string of the molecule is Nc1ccccc1CC(=O)N1CCc2ccc(O)cc2C1. The van der Waals surface area contributed by atoms with Gasteiger partial charge in [0.1, 0.15) is 5.75 Å². The molecule has 0 atom stereocenters. The number of carbonyl (C=O) groups is 1. The number of hydrogen-bond acceptors (Lipinski definition) is 3. The number of carbonyl (C=O) groups excluding carboxylic acids is 1. The van der Waals surface area contributed by atoms with Crippen LogP contribution >= 0.6 is 0 Å². The molecule has 0 saturated heterocycles. The first-order valence-electron chi connectivity index (χ1n) is 7.05. The number of aromatic hydroxyl groups is 1. The van der Waals surface area contributed by atoms with Gasteiger partial charge in [-0.25, -0.2) is 0 Å². The topological polar surface area (TPSA) is 66.6 Å². The summed E-state index contributed by atoms with van der Waals surface area (Å²) in [7, 11) is 0. The summed E-state index contributed by atoms with van der Waals surface area (Å²) in [6.07, 6.45) is 1.15. The van der Waals surface area contributed by atoms with Gasteiger partial charge in [-0.3, -0.25) is 4.79 Å². The van der Waals surface area contributed by atoms with Crippen LogP contribution in [0.5, 0.6) is 5.75 Å². The summed E-state index contributed by atoms with van der Waals surface area (Å²) in [5.41, 5.74) is 9.64. The molecule has 1 amide bonds. The fourth-order valence-electron chi connectivity index (χ4n) is 2.73. The molecule has 2 aromatic rings. The van der Waals surface area contributed by atoms with E-state index in [4.69, 9.17) is 5.73 Å². The maximum absolute atomic E-state index is 12.4. The number of anilines is 1. The van der Waals surface area contributed by atoms with E-state index in [1.54, 1.807) is 12.1 Å². The molecule has 0 fully saturated rings. The summed E-state index contributed by atoms with van der Waals surface area (Å²) in [4.78, 5) is 14.2. The molecule has 4 heteroatoms. The number of hydrogen-bond donors (Lipinski definition) is 2. The zero-order valence-corrected chi connectivity index (χ0v) is 11.7. The lowest BCUT2D eigenvalue weighted by molar-refractivity contribution is -0.131. The first-order chi connectivity index (χ1) is 10.1. The van der Waals surface area contributed by atoms with Crippen LogP contribution in [0.4, 0.5) is 5.69 Å². The van der Waals surface area contributed by atoms with Gasteiger partial charge >= 0.3 is 0 Å². The third-order valence-electron chi connectivity index (χ3n) is 3.95. The molecule has 0 unspecified atom stereocenters. The number of phenols is 1. The highest BCUT2D eigenvalue weighted by Gasteiger charge is 2.21. The maximum atomic E-state index is 12.4. The Morgan fingerprint density at radius 1 is 1.19 bits per heavy atom. The lowest BCUT2D eigenvalue weighted by atomic mass is 9.98. The lowest BCUT2D eigenvalue weighted by Crippen LogP contribution is -2.37. The van der Waals surface area contributed by atoms with Crippen molar-refractivity contribution in [2.75, 3.05) is 12.3 Å². The van der Waals surface area contributed by atoms with Crippen LogP contribution in [0.15, 0.2) is 42.5 Å². The standard InChI is InChI=1S/C17H18N2O2/c18-16-4-2-1-3-13(16)10-17(21)19-8-7-12-5-6-15(20)9-14(12)11-19/h1-6,9,20H,7-8,10-11,18H2. The van der Waals surface area contributed by atoms with E-state index in [0.717, 1.165) is 17.5 Å². The smallest absolute Gasteiger partial charge is 0.227 e. The van der Waals surface area contributed by atoms with E-state index in [1.165, 1.54) is 5.56 Å². The van der Waals surface area contributed by atoms with Gasteiger partial charge < -0.3 is 15.7 Å². The van der Waals surface area contributed by atoms with Gasteiger partial charge in [-0.15, -0.1) is 0 Å². The Bertz CT molecular complexity index is 682. The van der Waals surface area contributed by atoms with Crippen molar-refractivity contribution in [2.45, 2.75) is 19.4 Å². The second-order valence-electron chi connectivity index (χ2n) is 5.39. The van der Waals surface area contributed by atoms with E-state index >= 15 is 0 Å². The Kier molecular flexibility index (Phi) is 3.52. The van der Waals surface area contributed by atoms with Crippen molar-refractivity contribution in [3.8, 4) is 5.75 Å². The molecule has 0 spiro atoms. The summed E-state index contributed by atoms with van der Waals surface area (Å²) in [5.74, 6) is 0.317. The van der Waals surface area contributed by atoms with Crippen molar-refractivity contribution in [3.05, 3.63) is 59.2 Å². The molecule has 2 aromatic carbocycles. The zero-order chi connectivity index (χ0) is 14.8. The van der Waals surface area contributed by atoms with Crippen molar-refractivity contribution >= 4 is 11.6 Å². The molecule has 0 bridgehead atoms. The molecule has 4 nitrogen and oxygen atoms in total. The molecule has 0 aliphatic carbocycles. The van der Waals surface area contributed by atoms with Crippen molar-refractivity contribution < 1.29 is 9.90 Å². The molecule has 0 saturated carbocycles. The number of rotatable bonds is 2. The van der Waals surface area contributed by atoms with E-state index < -0.39 is 0 Å². The molecular weight excluding hydrogens is 264 g/mol. The van der Waals surface area contributed by atoms with Crippen LogP contribution in [-0.4, -0.2) is 22.5 Å². The van der Waals surface area contributed by atoms with Crippen LogP contribution in [-0.2, 0) is 24.2 Å². The minimum Gasteiger partial charge on any atom is -0.508 e. The normalized spacial score (nSPS) is 13.8. The van der Waals surface area contributed by atoms with Crippen LogP contribution in [0, 0.1) is 0 Å². The van der Waals surface area contributed by atoms with Gasteiger partial charge in [-0.1, -0.05) is 24.3 Å². The summed E-state index contributed by atoms with van der Waals surface area (Å²) in [6, 6.07) is 12.8. The van der Waals surface area contributed by atoms with E-state index in [9.17, 15) is 9.90 Å². The molecule has 0 radical (unpaired) electrons. The average Bonchev–Trinajstić information content (AvgIpc) is 2.48. The molecule has 1 aliphatic heterocycles. The summed E-state index contributed by atoms with van der Waals surface area (Å²) in [5, 5.41) is 9.56. The number of para-hydroxylation sites is 1. The monoisotopic (exact) mass is 282 g/mol. The number of nitrogens with zero attached hydrogens (tertiary/aromatic N) is 1. The zero-order valence-electron chi connectivity index (χ0n) is 11.7. The number of fused-ring (bicyclic) bond motifs is 1. The highest BCUT2D eigenvalue weighted by molar-refractivity contribution is 5.80. The molecule has 21 heavy (non-hydrogen) atoms. The van der Waals surface area contributed by atoms with E-state index in [-0.39, 0.29) is 11.7 Å². The molecule has 3 rings (SSSR count). The van der Waals surface area contributed by atoms with Crippen LogP contribution < -0.4 is 5.73 Å². The van der Waals surface area contributed by atoms with Gasteiger partial charge in [0.05, 0.1) is 6.42 Å². The third kappa shape index (κ3) is 2.84. The number of nitrogens with two attached hydrogens (primary N) is 1. The first-order valence-corrected chi connectivity index (χ1v) is 7.05. The molecule has 108 valence electrons. The van der Waals surface area contributed by atoms with Crippen LogP contribution in [0.25, 0.3) is 0 Å². The molecule has 3 N–H and O–H groups in total. The van der Waals surface area contributed by atoms with Gasteiger partial charge in [0.2, 0.25) is 5.91 Å². The van der Waals surface area contributed by atoms with Gasteiger partial charge in [0.25, 0.3) is 0 Å². The Morgan fingerprint density at radius 2 is 2.00 bits per heavy atom. The second kappa shape index (κ2) is 5.48. The van der Waals surface area contributed by atoms with E-state index in [1.807, 2.05) is 35.2 Å². The second-order valence-corrected chi connectivity index (χ2v) is 5.39. The van der Waals surface area contributed by atoms with Gasteiger partial charge in [-0.2, -0.15) is 0 Å². The number of phenolic OH excluding ortho intramolecular Hbond substituents is 1. The summed E-state index contributed by atoms with van der Waals surface area (Å²) >= 11 is 0. The summed E-state index contributed by atoms with van der Waals surface area (Å²) < 4.78 is 0. The predicted molar refractivity (Wildman–Crippen MR) is 81.8 cm³/mol. The minimum absolute atomic E-state index is 0.0712. The highest BCUT2D eigenvalue weighted by atomic mass is 16.3. The molecule has 0 aromatic heterocycles. The Balaban J connectivity index is 1.74. The van der Waals surface area contributed by atoms with Crippen LogP contribution in [0.2, 0.25) is 0 Å². The predicted octanol–water partition coefficient (Wildman–Crippen LogP) is 2.10. The highest BCUT2D eigenvalue weighted by Crippen LogP contribution is 2.24. The number of benzene rings is 2. The molecule has 1 heterocycles. The fraction of sp³-hybridized carbons (Fsp3) is 0.235. The number of nitrogen functional groups attached to an aromatic ring is 1. The van der Waals surface area contributed by atoms with Gasteiger partial charge in [0.15, 0.2) is 0 Å². The quantitative estimate of drug-likeness (QED) is 0.829. The minimum atomic E-state index is 0.0712. The average molecular weight is 282 g/mol. The van der Waals surface area contributed by atoms with Crippen molar-refractivity contribution in [1.82, 2.24) is 4.90 Å². The van der Waals surface area contributed by atoms with Crippen molar-refractivity contribution in [3.63, 3.8) is 0 Å². The van der Waals surface area contributed by atoms with Gasteiger partial charge in [-0.05, 0) is 41.3 Å². The Hall–Kier alpha value is -2.49. The molecule has 1 aliphatic rings. The Labute approximate surface area is 123 Å². The first kappa shape index (κ1) is 13.5. The van der Waals surface area contributed by atoms with Crippen molar-refractivity contribution in [2.24, 2.45) is 0 Å². The number of amides is 1. The third-order valence-corrected chi connectivity index (χ3v) is 3.95. The van der Waals surface area contributed by atoms with Gasteiger partial charge in [0, 0.05) is 18.8 Å². The fourth-order valence-corrected chi connectivity index (χ4v) is 2.73. The van der Waals surface area contributed by atoms with Crippen LogP contribution in [0.3, 0.4) is 0 Å². The summed E-state index contributed by atoms with van der Waals surface area (Å²) in [6.45, 7) is 1.26. The molecular formula is C17H18N2O2. The van der Waals surface area contributed by atoms with E-state index in [2.05, 4.69) is 0 Å². The largest absolute Gasteiger partial charge is 0.508 e. The van der Waals surface area contributed by atoms with E-state index in [0.29, 0.717) is 25.2 Å².